The Balaban J connectivity index is 1.87. The lowest BCUT2D eigenvalue weighted by Gasteiger charge is -2.30. The lowest BCUT2D eigenvalue weighted by molar-refractivity contribution is -0.150. The van der Waals surface area contributed by atoms with Gasteiger partial charge in [-0.25, -0.2) is 9.78 Å². The fraction of sp³-hybridized carbons (Fsp3) is 0.333. The number of rotatable bonds is 2. The number of benzene rings is 1. The lowest BCUT2D eigenvalue weighted by Crippen LogP contribution is -2.46. The SMILES string of the molecule is O=C(O)C1CN(c2nc3ccccc3s2)CCO1. The number of thiazole rings is 1. The quantitative estimate of drug-likeness (QED) is 0.892. The van der Waals surface area contributed by atoms with E-state index in [9.17, 15) is 4.79 Å². The fourth-order valence-electron chi connectivity index (χ4n) is 1.97. The normalized spacial score (nSPS) is 20.2. The van der Waals surface area contributed by atoms with Gasteiger partial charge in [-0.05, 0) is 12.1 Å². The van der Waals surface area contributed by atoms with E-state index in [0.717, 1.165) is 15.3 Å². The molecule has 18 heavy (non-hydrogen) atoms. The molecule has 1 aromatic heterocycles. The van der Waals surface area contributed by atoms with Crippen LogP contribution < -0.4 is 4.90 Å². The number of fused-ring (bicyclic) bond motifs is 1. The van der Waals surface area contributed by atoms with E-state index in [4.69, 9.17) is 9.84 Å². The number of morpholine rings is 1. The average Bonchev–Trinajstić information content (AvgIpc) is 2.82. The van der Waals surface area contributed by atoms with Gasteiger partial charge < -0.3 is 14.7 Å². The second-order valence-corrected chi connectivity index (χ2v) is 5.12. The number of aromatic nitrogens is 1. The first-order valence-electron chi connectivity index (χ1n) is 5.69. The third kappa shape index (κ3) is 2.04. The zero-order valence-corrected chi connectivity index (χ0v) is 10.4. The number of anilines is 1. The van der Waals surface area contributed by atoms with Gasteiger partial charge in [-0.2, -0.15) is 0 Å². The molecule has 1 aromatic carbocycles. The van der Waals surface area contributed by atoms with E-state index in [0.29, 0.717) is 19.7 Å². The van der Waals surface area contributed by atoms with Crippen LogP contribution in [0.1, 0.15) is 0 Å². The van der Waals surface area contributed by atoms with Gasteiger partial charge in [0.05, 0.1) is 23.4 Å². The monoisotopic (exact) mass is 264 g/mol. The van der Waals surface area contributed by atoms with Gasteiger partial charge in [0, 0.05) is 6.54 Å². The van der Waals surface area contributed by atoms with Gasteiger partial charge in [0.1, 0.15) is 0 Å². The van der Waals surface area contributed by atoms with E-state index in [1.54, 1.807) is 11.3 Å². The lowest BCUT2D eigenvalue weighted by atomic mass is 10.3. The number of nitrogens with zero attached hydrogens (tertiary/aromatic N) is 2. The number of hydrogen-bond donors (Lipinski definition) is 1. The topological polar surface area (TPSA) is 62.7 Å². The first kappa shape index (κ1) is 11.4. The minimum absolute atomic E-state index is 0.356. The van der Waals surface area contributed by atoms with Crippen LogP contribution in [-0.2, 0) is 9.53 Å². The Morgan fingerprint density at radius 2 is 2.33 bits per heavy atom. The van der Waals surface area contributed by atoms with Gasteiger partial charge in [0.2, 0.25) is 0 Å². The second kappa shape index (κ2) is 4.55. The highest BCUT2D eigenvalue weighted by atomic mass is 32.1. The van der Waals surface area contributed by atoms with E-state index in [1.807, 2.05) is 29.2 Å². The number of carboxylic acid groups (broad SMARTS) is 1. The molecule has 94 valence electrons. The molecule has 0 radical (unpaired) electrons. The van der Waals surface area contributed by atoms with Crippen LogP contribution in [0.3, 0.4) is 0 Å². The second-order valence-electron chi connectivity index (χ2n) is 4.11. The Bertz CT molecular complexity index is 550. The summed E-state index contributed by atoms with van der Waals surface area (Å²) in [5.74, 6) is -0.916. The van der Waals surface area contributed by atoms with Crippen molar-refractivity contribution in [1.29, 1.82) is 0 Å². The number of carbonyl (C=O) groups is 1. The molecule has 0 spiro atoms. The molecule has 1 aliphatic rings. The Morgan fingerprint density at radius 3 is 3.11 bits per heavy atom. The summed E-state index contributed by atoms with van der Waals surface area (Å²) in [4.78, 5) is 17.4. The first-order chi connectivity index (χ1) is 8.74. The van der Waals surface area contributed by atoms with Crippen molar-refractivity contribution in [3.8, 4) is 0 Å². The van der Waals surface area contributed by atoms with Crippen molar-refractivity contribution in [1.82, 2.24) is 4.98 Å². The van der Waals surface area contributed by atoms with Crippen LogP contribution in [0.15, 0.2) is 24.3 Å². The molecule has 1 unspecified atom stereocenters. The standard InChI is InChI=1S/C12H12N2O3S/c15-11(16)9-7-14(5-6-17-9)12-13-8-3-1-2-4-10(8)18-12/h1-4,9H,5-7H2,(H,15,16). The Kier molecular flexibility index (Phi) is 2.89. The van der Waals surface area contributed by atoms with Crippen LogP contribution in [0.2, 0.25) is 0 Å². The maximum absolute atomic E-state index is 10.9. The van der Waals surface area contributed by atoms with Crippen molar-refractivity contribution in [2.24, 2.45) is 0 Å². The van der Waals surface area contributed by atoms with E-state index in [2.05, 4.69) is 4.98 Å². The highest BCUT2D eigenvalue weighted by molar-refractivity contribution is 7.22. The van der Waals surface area contributed by atoms with Gasteiger partial charge in [-0.15, -0.1) is 0 Å². The van der Waals surface area contributed by atoms with Crippen molar-refractivity contribution in [3.05, 3.63) is 24.3 Å². The van der Waals surface area contributed by atoms with E-state index in [1.165, 1.54) is 0 Å². The summed E-state index contributed by atoms with van der Waals surface area (Å²) in [7, 11) is 0. The Labute approximate surface area is 108 Å². The molecule has 1 N–H and O–H groups in total. The fourth-order valence-corrected chi connectivity index (χ4v) is 2.97. The summed E-state index contributed by atoms with van der Waals surface area (Å²) in [6, 6.07) is 7.91. The molecular formula is C12H12N2O3S. The zero-order chi connectivity index (χ0) is 12.5. The Morgan fingerprint density at radius 1 is 1.50 bits per heavy atom. The third-order valence-corrected chi connectivity index (χ3v) is 3.99. The van der Waals surface area contributed by atoms with Crippen LogP contribution in [0.25, 0.3) is 10.2 Å². The summed E-state index contributed by atoms with van der Waals surface area (Å²) in [5.41, 5.74) is 0.955. The van der Waals surface area contributed by atoms with Crippen LogP contribution in [0, 0.1) is 0 Å². The highest BCUT2D eigenvalue weighted by Crippen LogP contribution is 2.29. The number of para-hydroxylation sites is 1. The Hall–Kier alpha value is -1.66. The summed E-state index contributed by atoms with van der Waals surface area (Å²) in [6.45, 7) is 1.46. The average molecular weight is 264 g/mol. The molecule has 1 fully saturated rings. The third-order valence-electron chi connectivity index (χ3n) is 2.90. The van der Waals surface area contributed by atoms with E-state index < -0.39 is 12.1 Å². The van der Waals surface area contributed by atoms with Crippen molar-refractivity contribution in [2.45, 2.75) is 6.10 Å². The van der Waals surface area contributed by atoms with Crippen molar-refractivity contribution >= 4 is 32.7 Å². The maximum Gasteiger partial charge on any atom is 0.334 e. The van der Waals surface area contributed by atoms with Crippen molar-refractivity contribution < 1.29 is 14.6 Å². The summed E-state index contributed by atoms with van der Waals surface area (Å²) in [5, 5.41) is 9.84. The molecule has 6 heteroatoms. The number of aliphatic carboxylic acids is 1. The van der Waals surface area contributed by atoms with Gasteiger partial charge in [0.25, 0.3) is 0 Å². The van der Waals surface area contributed by atoms with Gasteiger partial charge in [-0.1, -0.05) is 23.5 Å². The molecule has 0 aliphatic carbocycles. The molecule has 1 atom stereocenters. The van der Waals surface area contributed by atoms with Crippen molar-refractivity contribution in [2.75, 3.05) is 24.6 Å². The van der Waals surface area contributed by atoms with E-state index >= 15 is 0 Å². The van der Waals surface area contributed by atoms with Gasteiger partial charge in [-0.3, -0.25) is 0 Å². The van der Waals surface area contributed by atoms with Gasteiger partial charge in [0.15, 0.2) is 11.2 Å². The molecule has 0 amide bonds. The molecule has 1 saturated heterocycles. The van der Waals surface area contributed by atoms with Crippen LogP contribution in [0.5, 0.6) is 0 Å². The molecule has 0 saturated carbocycles. The molecular weight excluding hydrogens is 252 g/mol. The highest BCUT2D eigenvalue weighted by Gasteiger charge is 2.27. The number of hydrogen-bond acceptors (Lipinski definition) is 5. The summed E-state index contributed by atoms with van der Waals surface area (Å²) >= 11 is 1.58. The predicted octanol–water partition coefficient (Wildman–Crippen LogP) is 1.59. The minimum atomic E-state index is -0.916. The number of carboxylic acids is 1. The summed E-state index contributed by atoms with van der Waals surface area (Å²) < 4.78 is 6.32. The largest absolute Gasteiger partial charge is 0.479 e. The van der Waals surface area contributed by atoms with Crippen LogP contribution in [-0.4, -0.2) is 41.9 Å². The molecule has 1 aliphatic heterocycles. The molecule has 3 rings (SSSR count). The minimum Gasteiger partial charge on any atom is -0.479 e. The molecule has 2 aromatic rings. The molecule has 0 bridgehead atoms. The molecule has 2 heterocycles. The maximum atomic E-state index is 10.9. The first-order valence-corrected chi connectivity index (χ1v) is 6.50. The van der Waals surface area contributed by atoms with Crippen molar-refractivity contribution in [3.63, 3.8) is 0 Å². The van der Waals surface area contributed by atoms with Crippen LogP contribution >= 0.6 is 11.3 Å². The molecule has 5 nitrogen and oxygen atoms in total. The predicted molar refractivity (Wildman–Crippen MR) is 69.2 cm³/mol. The number of ether oxygens (including phenoxy) is 1. The zero-order valence-electron chi connectivity index (χ0n) is 9.57. The summed E-state index contributed by atoms with van der Waals surface area (Å²) in [6.07, 6.45) is -0.759. The van der Waals surface area contributed by atoms with E-state index in [-0.39, 0.29) is 0 Å². The van der Waals surface area contributed by atoms with Gasteiger partial charge >= 0.3 is 5.97 Å². The smallest absolute Gasteiger partial charge is 0.334 e. The van der Waals surface area contributed by atoms with Crippen LogP contribution in [0.4, 0.5) is 5.13 Å².